The highest BCUT2D eigenvalue weighted by Gasteiger charge is 1.96. The van der Waals surface area contributed by atoms with E-state index in [9.17, 15) is 0 Å². The molecule has 0 saturated carbocycles. The number of aromatic nitrogens is 1. The molecule has 0 aromatic carbocycles. The predicted molar refractivity (Wildman–Crippen MR) is 50.0 cm³/mol. The smallest absolute Gasteiger partial charge is 0.0410 e. The third kappa shape index (κ3) is 2.13. The number of nitrogens with two attached hydrogens (primary N) is 1. The van der Waals surface area contributed by atoms with Gasteiger partial charge in [0.1, 0.15) is 0 Å². The minimum Gasteiger partial charge on any atom is -0.326 e. The molecule has 0 radical (unpaired) electrons. The Hall–Kier alpha value is -0.670. The minimum absolute atomic E-state index is 0.470. The van der Waals surface area contributed by atoms with E-state index in [0.717, 1.165) is 15.6 Å². The quantitative estimate of drug-likeness (QED) is 0.813. The van der Waals surface area contributed by atoms with Crippen molar-refractivity contribution < 1.29 is 0 Å². The van der Waals surface area contributed by atoms with E-state index in [2.05, 4.69) is 27.5 Å². The van der Waals surface area contributed by atoms with Crippen molar-refractivity contribution in [3.63, 3.8) is 0 Å². The van der Waals surface area contributed by atoms with Gasteiger partial charge >= 0.3 is 0 Å². The van der Waals surface area contributed by atoms with Gasteiger partial charge in [-0.2, -0.15) is 0 Å². The Kier molecular flexibility index (Phi) is 2.79. The average molecular weight is 213 g/mol. The van der Waals surface area contributed by atoms with Gasteiger partial charge in [0.15, 0.2) is 0 Å². The van der Waals surface area contributed by atoms with E-state index in [-0.39, 0.29) is 0 Å². The summed E-state index contributed by atoms with van der Waals surface area (Å²) in [6, 6.07) is 1.95. The molecule has 0 spiro atoms. The van der Waals surface area contributed by atoms with Crippen LogP contribution in [0.1, 0.15) is 5.56 Å². The molecule has 0 aliphatic heterocycles. The molecule has 0 unspecified atom stereocenters. The van der Waals surface area contributed by atoms with Crippen molar-refractivity contribution in [3.05, 3.63) is 35.1 Å². The van der Waals surface area contributed by atoms with E-state index in [4.69, 9.17) is 5.73 Å². The van der Waals surface area contributed by atoms with Crippen LogP contribution in [0.25, 0.3) is 5.57 Å². The van der Waals surface area contributed by atoms with E-state index in [1.54, 1.807) is 12.4 Å². The zero-order valence-electron chi connectivity index (χ0n) is 6.05. The number of hydrogen-bond donors (Lipinski definition) is 1. The number of nitrogens with zero attached hydrogens (tertiary/aromatic N) is 1. The largest absolute Gasteiger partial charge is 0.326 e. The lowest BCUT2D eigenvalue weighted by Gasteiger charge is -2.00. The molecule has 2 N–H and O–H groups in total. The van der Waals surface area contributed by atoms with Crippen LogP contribution in [0.3, 0.4) is 0 Å². The molecule has 0 amide bonds. The van der Waals surface area contributed by atoms with E-state index in [1.165, 1.54) is 0 Å². The van der Waals surface area contributed by atoms with Gasteiger partial charge in [-0.1, -0.05) is 6.58 Å². The summed E-state index contributed by atoms with van der Waals surface area (Å²) in [4.78, 5) is 3.99. The maximum atomic E-state index is 5.41. The lowest BCUT2D eigenvalue weighted by molar-refractivity contribution is 1.23. The Morgan fingerprint density at radius 2 is 2.36 bits per heavy atom. The van der Waals surface area contributed by atoms with Crippen LogP contribution in [-0.4, -0.2) is 11.5 Å². The summed E-state index contributed by atoms with van der Waals surface area (Å²) in [6.45, 7) is 4.27. The molecule has 0 fully saturated rings. The van der Waals surface area contributed by atoms with Crippen LogP contribution in [0.2, 0.25) is 0 Å². The molecule has 1 rings (SSSR count). The Labute approximate surface area is 74.3 Å². The number of halogens is 1. The van der Waals surface area contributed by atoms with Crippen LogP contribution < -0.4 is 5.73 Å². The van der Waals surface area contributed by atoms with Crippen molar-refractivity contribution in [1.29, 1.82) is 0 Å². The maximum Gasteiger partial charge on any atom is 0.0410 e. The van der Waals surface area contributed by atoms with Gasteiger partial charge in [-0.25, -0.2) is 0 Å². The molecule has 58 valence electrons. The maximum absolute atomic E-state index is 5.41. The first kappa shape index (κ1) is 8.43. The van der Waals surface area contributed by atoms with E-state index >= 15 is 0 Å². The number of rotatable bonds is 2. The number of hydrogen-bond acceptors (Lipinski definition) is 2. The van der Waals surface area contributed by atoms with Gasteiger partial charge in [0.2, 0.25) is 0 Å². The first-order chi connectivity index (χ1) is 5.24. The molecule has 1 heterocycles. The fraction of sp³-hybridized carbons (Fsp3) is 0.125. The molecule has 0 bridgehead atoms. The van der Waals surface area contributed by atoms with Gasteiger partial charge in [-0.05, 0) is 33.1 Å². The highest BCUT2D eigenvalue weighted by Crippen LogP contribution is 2.14. The summed E-state index contributed by atoms with van der Waals surface area (Å²) in [6.07, 6.45) is 3.48. The van der Waals surface area contributed by atoms with Crippen LogP contribution in [0, 0.1) is 0 Å². The third-order valence-corrected chi connectivity index (χ3v) is 1.79. The Balaban J connectivity index is 2.96. The Morgan fingerprint density at radius 3 is 2.91 bits per heavy atom. The normalized spacial score (nSPS) is 9.64. The van der Waals surface area contributed by atoms with E-state index < -0.39 is 0 Å². The summed E-state index contributed by atoms with van der Waals surface area (Å²) in [5, 5.41) is 0. The van der Waals surface area contributed by atoms with Crippen molar-refractivity contribution in [1.82, 2.24) is 4.98 Å². The highest BCUT2D eigenvalue weighted by atomic mass is 79.9. The first-order valence-electron chi connectivity index (χ1n) is 3.23. The van der Waals surface area contributed by atoms with Crippen molar-refractivity contribution in [2.75, 3.05) is 6.54 Å². The summed E-state index contributed by atoms with van der Waals surface area (Å²) in [7, 11) is 0. The summed E-state index contributed by atoms with van der Waals surface area (Å²) in [5.41, 5.74) is 7.30. The van der Waals surface area contributed by atoms with Gasteiger partial charge in [-0.15, -0.1) is 0 Å². The fourth-order valence-corrected chi connectivity index (χ4v) is 1.09. The van der Waals surface area contributed by atoms with Crippen LogP contribution in [0.5, 0.6) is 0 Å². The third-order valence-electron chi connectivity index (χ3n) is 1.36. The monoisotopic (exact) mass is 212 g/mol. The SMILES string of the molecule is C=C(CN)c1cncc(Br)c1. The molecule has 2 nitrogen and oxygen atoms in total. The highest BCUT2D eigenvalue weighted by molar-refractivity contribution is 9.10. The molecule has 0 atom stereocenters. The van der Waals surface area contributed by atoms with Crippen LogP contribution >= 0.6 is 15.9 Å². The van der Waals surface area contributed by atoms with Gasteiger partial charge < -0.3 is 5.73 Å². The molecule has 11 heavy (non-hydrogen) atoms. The molecular formula is C8H9BrN2. The molecule has 1 aromatic heterocycles. The van der Waals surface area contributed by atoms with Crippen molar-refractivity contribution >= 4 is 21.5 Å². The minimum atomic E-state index is 0.470. The first-order valence-corrected chi connectivity index (χ1v) is 4.02. The lowest BCUT2D eigenvalue weighted by Crippen LogP contribution is -2.00. The van der Waals surface area contributed by atoms with Gasteiger partial charge in [0.05, 0.1) is 0 Å². The van der Waals surface area contributed by atoms with E-state index in [0.29, 0.717) is 6.54 Å². The van der Waals surface area contributed by atoms with Crippen LogP contribution in [0.4, 0.5) is 0 Å². The van der Waals surface area contributed by atoms with Crippen molar-refractivity contribution in [3.8, 4) is 0 Å². The summed E-state index contributed by atoms with van der Waals surface area (Å²) in [5.74, 6) is 0. The Bertz CT molecular complexity index is 271. The molecule has 0 saturated heterocycles. The summed E-state index contributed by atoms with van der Waals surface area (Å²) < 4.78 is 0.949. The second-order valence-electron chi connectivity index (χ2n) is 2.20. The standard InChI is InChI=1S/C8H9BrN2/c1-6(3-10)7-2-8(9)5-11-4-7/h2,4-5H,1,3,10H2. The fourth-order valence-electron chi connectivity index (χ4n) is 0.723. The molecule has 1 aromatic rings. The molecule has 0 aliphatic rings. The van der Waals surface area contributed by atoms with Crippen LogP contribution in [-0.2, 0) is 0 Å². The van der Waals surface area contributed by atoms with Gasteiger partial charge in [0, 0.05) is 23.4 Å². The van der Waals surface area contributed by atoms with Crippen molar-refractivity contribution in [2.45, 2.75) is 0 Å². The Morgan fingerprint density at radius 1 is 1.64 bits per heavy atom. The molecule has 3 heteroatoms. The molecule has 0 aliphatic carbocycles. The second-order valence-corrected chi connectivity index (χ2v) is 3.12. The van der Waals surface area contributed by atoms with Crippen LogP contribution in [0.15, 0.2) is 29.5 Å². The zero-order chi connectivity index (χ0) is 8.27. The van der Waals surface area contributed by atoms with E-state index in [1.807, 2.05) is 6.07 Å². The topological polar surface area (TPSA) is 38.9 Å². The lowest BCUT2D eigenvalue weighted by atomic mass is 10.1. The second kappa shape index (κ2) is 3.64. The summed E-state index contributed by atoms with van der Waals surface area (Å²) >= 11 is 3.32. The average Bonchev–Trinajstić information content (AvgIpc) is 2.03. The zero-order valence-corrected chi connectivity index (χ0v) is 7.63. The van der Waals surface area contributed by atoms with Gasteiger partial charge in [0.25, 0.3) is 0 Å². The van der Waals surface area contributed by atoms with Crippen molar-refractivity contribution in [2.24, 2.45) is 5.73 Å². The predicted octanol–water partition coefficient (Wildman–Crippen LogP) is 1.82. The molecular weight excluding hydrogens is 204 g/mol. The van der Waals surface area contributed by atoms with Gasteiger partial charge in [-0.3, -0.25) is 4.98 Å². The number of pyridine rings is 1.